The highest BCUT2D eigenvalue weighted by Gasteiger charge is 2.13. The van der Waals surface area contributed by atoms with Crippen molar-refractivity contribution in [2.45, 2.75) is 13.2 Å². The fraction of sp³-hybridized carbons (Fsp3) is 0.130. The first-order chi connectivity index (χ1) is 14.1. The van der Waals surface area contributed by atoms with Crippen LogP contribution in [0.4, 0.5) is 5.82 Å². The van der Waals surface area contributed by atoms with Crippen molar-refractivity contribution in [3.8, 4) is 5.75 Å². The molecule has 0 fully saturated rings. The Hall–Kier alpha value is -3.12. The van der Waals surface area contributed by atoms with Crippen LogP contribution >= 0.6 is 15.9 Å². The maximum absolute atomic E-state index is 11.1. The van der Waals surface area contributed by atoms with Crippen LogP contribution < -0.4 is 9.64 Å². The van der Waals surface area contributed by atoms with Crippen LogP contribution in [0.15, 0.2) is 84.0 Å². The third kappa shape index (κ3) is 5.68. The molecule has 2 aromatic carbocycles. The van der Waals surface area contributed by atoms with E-state index in [1.807, 2.05) is 53.4 Å². The maximum Gasteiger partial charge on any atom is 0.337 e. The van der Waals surface area contributed by atoms with Crippen molar-refractivity contribution in [3.05, 3.63) is 101 Å². The van der Waals surface area contributed by atoms with Crippen molar-refractivity contribution in [3.63, 3.8) is 0 Å². The van der Waals surface area contributed by atoms with Crippen LogP contribution in [0, 0.1) is 0 Å². The van der Waals surface area contributed by atoms with E-state index in [1.165, 1.54) is 6.20 Å². The minimum Gasteiger partial charge on any atom is -0.489 e. The molecule has 3 rings (SSSR count). The van der Waals surface area contributed by atoms with Crippen LogP contribution in [0.3, 0.4) is 0 Å². The van der Waals surface area contributed by atoms with Gasteiger partial charge in [0.1, 0.15) is 18.2 Å². The second kappa shape index (κ2) is 9.89. The molecule has 1 heterocycles. The lowest BCUT2D eigenvalue weighted by atomic mass is 10.1. The molecule has 0 aliphatic rings. The summed E-state index contributed by atoms with van der Waals surface area (Å²) in [5, 5.41) is 9.08. The summed E-state index contributed by atoms with van der Waals surface area (Å²) in [7, 11) is 0. The summed E-state index contributed by atoms with van der Waals surface area (Å²) in [5.74, 6) is 0.458. The number of hydrogen-bond donors (Lipinski definition) is 1. The number of halogens is 1. The van der Waals surface area contributed by atoms with Gasteiger partial charge in [-0.3, -0.25) is 0 Å². The Morgan fingerprint density at radius 1 is 1.17 bits per heavy atom. The van der Waals surface area contributed by atoms with E-state index >= 15 is 0 Å². The van der Waals surface area contributed by atoms with Gasteiger partial charge in [0, 0.05) is 29.3 Å². The van der Waals surface area contributed by atoms with Gasteiger partial charge in [-0.1, -0.05) is 52.3 Å². The summed E-state index contributed by atoms with van der Waals surface area (Å²) in [4.78, 5) is 17.4. The first-order valence-electron chi connectivity index (χ1n) is 9.07. The monoisotopic (exact) mass is 452 g/mol. The number of carboxylic acids is 1. The zero-order chi connectivity index (χ0) is 20.6. The van der Waals surface area contributed by atoms with Crippen LogP contribution in [0.25, 0.3) is 0 Å². The van der Waals surface area contributed by atoms with Crippen molar-refractivity contribution in [2.75, 3.05) is 11.4 Å². The van der Waals surface area contributed by atoms with E-state index in [2.05, 4.69) is 27.5 Å². The smallest absolute Gasteiger partial charge is 0.337 e. The number of ether oxygens (including phenoxy) is 1. The molecule has 0 radical (unpaired) electrons. The number of rotatable bonds is 9. The molecule has 0 aliphatic heterocycles. The number of benzene rings is 2. The number of nitrogens with zero attached hydrogens (tertiary/aromatic N) is 2. The van der Waals surface area contributed by atoms with Crippen LogP contribution in [0.2, 0.25) is 0 Å². The van der Waals surface area contributed by atoms with E-state index < -0.39 is 5.97 Å². The predicted molar refractivity (Wildman–Crippen MR) is 117 cm³/mol. The standard InChI is InChI=1S/C23H21BrN2O3/c1-2-12-26(22-11-8-18(14-25-22)23(27)28)15-19-13-20(24)9-10-21(19)29-16-17-6-4-3-5-7-17/h2-11,13-14H,1,12,15-16H2,(H,27,28). The fourth-order valence-corrected chi connectivity index (χ4v) is 3.26. The minimum absolute atomic E-state index is 0.154. The molecule has 0 amide bonds. The third-order valence-electron chi connectivity index (χ3n) is 4.29. The molecule has 0 bridgehead atoms. The molecule has 0 atom stereocenters. The molecule has 29 heavy (non-hydrogen) atoms. The molecule has 0 unspecified atom stereocenters. The number of aromatic carboxylic acids is 1. The highest BCUT2D eigenvalue weighted by molar-refractivity contribution is 9.10. The van der Waals surface area contributed by atoms with Gasteiger partial charge in [-0.05, 0) is 35.9 Å². The molecule has 3 aromatic rings. The number of pyridine rings is 1. The molecule has 0 saturated carbocycles. The second-order valence-corrected chi connectivity index (χ2v) is 7.32. The molecule has 0 aliphatic carbocycles. The Kier molecular flexibility index (Phi) is 7.03. The van der Waals surface area contributed by atoms with E-state index in [1.54, 1.807) is 18.2 Å². The normalized spacial score (nSPS) is 10.4. The Morgan fingerprint density at radius 3 is 2.62 bits per heavy atom. The Morgan fingerprint density at radius 2 is 1.97 bits per heavy atom. The Balaban J connectivity index is 1.82. The maximum atomic E-state index is 11.1. The molecule has 148 valence electrons. The molecule has 1 N–H and O–H groups in total. The number of hydrogen-bond acceptors (Lipinski definition) is 4. The molecule has 5 nitrogen and oxygen atoms in total. The predicted octanol–water partition coefficient (Wildman–Crippen LogP) is 5.31. The van der Waals surface area contributed by atoms with Crippen LogP contribution in [-0.4, -0.2) is 22.6 Å². The zero-order valence-electron chi connectivity index (χ0n) is 15.8. The molecular formula is C23H21BrN2O3. The number of carbonyl (C=O) groups is 1. The molecule has 0 saturated heterocycles. The first-order valence-corrected chi connectivity index (χ1v) is 9.86. The summed E-state index contributed by atoms with van der Waals surface area (Å²) in [5.41, 5.74) is 2.23. The van der Waals surface area contributed by atoms with Gasteiger partial charge in [0.25, 0.3) is 0 Å². The van der Waals surface area contributed by atoms with Crippen molar-refractivity contribution < 1.29 is 14.6 Å². The van der Waals surface area contributed by atoms with E-state index in [0.717, 1.165) is 21.3 Å². The van der Waals surface area contributed by atoms with Gasteiger partial charge in [-0.15, -0.1) is 6.58 Å². The third-order valence-corrected chi connectivity index (χ3v) is 4.78. The van der Waals surface area contributed by atoms with Gasteiger partial charge in [0.15, 0.2) is 0 Å². The van der Waals surface area contributed by atoms with E-state index in [-0.39, 0.29) is 5.56 Å². The molecule has 6 heteroatoms. The Labute approximate surface area is 178 Å². The first kappa shape index (κ1) is 20.6. The molecule has 1 aromatic heterocycles. The van der Waals surface area contributed by atoms with Crippen LogP contribution in [-0.2, 0) is 13.2 Å². The summed E-state index contributed by atoms with van der Waals surface area (Å²) >= 11 is 3.53. The summed E-state index contributed by atoms with van der Waals surface area (Å²) in [6.07, 6.45) is 3.15. The number of anilines is 1. The van der Waals surface area contributed by atoms with Gasteiger partial charge in [-0.2, -0.15) is 0 Å². The van der Waals surface area contributed by atoms with Gasteiger partial charge >= 0.3 is 5.97 Å². The average molecular weight is 453 g/mol. The van der Waals surface area contributed by atoms with Gasteiger partial charge < -0.3 is 14.7 Å². The molecular weight excluding hydrogens is 432 g/mol. The largest absolute Gasteiger partial charge is 0.489 e. The van der Waals surface area contributed by atoms with Crippen molar-refractivity contribution in [1.82, 2.24) is 4.98 Å². The SMILES string of the molecule is C=CCN(Cc1cc(Br)ccc1OCc1ccccc1)c1ccc(C(=O)O)cn1. The minimum atomic E-state index is -0.997. The second-order valence-electron chi connectivity index (χ2n) is 6.41. The lowest BCUT2D eigenvalue weighted by Gasteiger charge is -2.24. The van der Waals surface area contributed by atoms with E-state index in [9.17, 15) is 4.79 Å². The van der Waals surface area contributed by atoms with Gasteiger partial charge in [0.2, 0.25) is 0 Å². The van der Waals surface area contributed by atoms with Crippen LogP contribution in [0.1, 0.15) is 21.5 Å². The number of aromatic nitrogens is 1. The fourth-order valence-electron chi connectivity index (χ4n) is 2.85. The lowest BCUT2D eigenvalue weighted by molar-refractivity contribution is 0.0696. The van der Waals surface area contributed by atoms with E-state index in [0.29, 0.717) is 25.5 Å². The topological polar surface area (TPSA) is 62.7 Å². The van der Waals surface area contributed by atoms with Gasteiger partial charge in [-0.25, -0.2) is 9.78 Å². The zero-order valence-corrected chi connectivity index (χ0v) is 17.4. The molecule has 0 spiro atoms. The summed E-state index contributed by atoms with van der Waals surface area (Å²) < 4.78 is 7.02. The van der Waals surface area contributed by atoms with Crippen molar-refractivity contribution in [1.29, 1.82) is 0 Å². The van der Waals surface area contributed by atoms with Gasteiger partial charge in [0.05, 0.1) is 5.56 Å². The average Bonchev–Trinajstić information content (AvgIpc) is 2.73. The lowest BCUT2D eigenvalue weighted by Crippen LogP contribution is -2.24. The van der Waals surface area contributed by atoms with Crippen LogP contribution in [0.5, 0.6) is 5.75 Å². The van der Waals surface area contributed by atoms with E-state index in [4.69, 9.17) is 9.84 Å². The summed E-state index contributed by atoms with van der Waals surface area (Å²) in [6.45, 7) is 5.40. The Bertz CT molecular complexity index is 975. The number of carboxylic acid groups (broad SMARTS) is 1. The quantitative estimate of drug-likeness (QED) is 0.445. The highest BCUT2D eigenvalue weighted by atomic mass is 79.9. The van der Waals surface area contributed by atoms with Crippen molar-refractivity contribution in [2.24, 2.45) is 0 Å². The summed E-state index contributed by atoms with van der Waals surface area (Å²) in [6, 6.07) is 19.2. The highest BCUT2D eigenvalue weighted by Crippen LogP contribution is 2.27. The van der Waals surface area contributed by atoms with Crippen molar-refractivity contribution >= 4 is 27.7 Å².